The van der Waals surface area contributed by atoms with Crippen molar-refractivity contribution >= 4 is 42.6 Å². The molecule has 1 fully saturated rings. The van der Waals surface area contributed by atoms with E-state index in [0.717, 1.165) is 42.4 Å². The van der Waals surface area contributed by atoms with E-state index in [2.05, 4.69) is 4.98 Å². The number of hydrogen-bond donors (Lipinski definition) is 0. The van der Waals surface area contributed by atoms with E-state index in [1.54, 1.807) is 62.8 Å². The van der Waals surface area contributed by atoms with Gasteiger partial charge in [-0.25, -0.2) is 13.4 Å². The average Bonchev–Trinajstić information content (AvgIpc) is 3.45. The molecule has 2 aromatic carbocycles. The summed E-state index contributed by atoms with van der Waals surface area (Å²) in [6.45, 7) is 0.224. The van der Waals surface area contributed by atoms with Crippen LogP contribution in [0.2, 0.25) is 0 Å². The van der Waals surface area contributed by atoms with E-state index in [1.165, 1.54) is 27.8 Å². The second-order valence-electron chi connectivity index (χ2n) is 9.73. The Morgan fingerprint density at radius 3 is 2.35 bits per heavy atom. The van der Waals surface area contributed by atoms with Crippen molar-refractivity contribution in [1.29, 1.82) is 0 Å². The Hall–Kier alpha value is -3.54. The number of ether oxygens (including phenoxy) is 2. The van der Waals surface area contributed by atoms with Crippen LogP contribution in [0.3, 0.4) is 0 Å². The number of fused-ring (bicyclic) bond motifs is 1. The molecular formula is C29H32N4O5S2. The zero-order chi connectivity index (χ0) is 28.3. The smallest absolute Gasteiger partial charge is 0.260 e. The topological polar surface area (TPSA) is 102 Å². The molecule has 4 aromatic rings. The molecule has 0 spiro atoms. The maximum atomic E-state index is 13.9. The fourth-order valence-electron chi connectivity index (χ4n) is 5.02. The molecule has 0 bridgehead atoms. The Labute approximate surface area is 238 Å². The van der Waals surface area contributed by atoms with Crippen LogP contribution in [0.15, 0.2) is 65.8 Å². The highest BCUT2D eigenvalue weighted by Gasteiger charge is 2.30. The minimum absolute atomic E-state index is 0.00282. The Balaban J connectivity index is 1.49. The van der Waals surface area contributed by atoms with Gasteiger partial charge in [0.2, 0.25) is 10.0 Å². The molecule has 9 nitrogen and oxygen atoms in total. The van der Waals surface area contributed by atoms with Gasteiger partial charge in [-0.05, 0) is 60.9 Å². The number of carbonyl (C=O) groups excluding carboxylic acids is 1. The normalized spacial score (nSPS) is 14.4. The molecule has 40 heavy (non-hydrogen) atoms. The number of aromatic nitrogens is 2. The van der Waals surface area contributed by atoms with Crippen molar-refractivity contribution in [3.63, 3.8) is 0 Å². The lowest BCUT2D eigenvalue weighted by Crippen LogP contribution is -2.38. The number of benzene rings is 2. The van der Waals surface area contributed by atoms with E-state index in [4.69, 9.17) is 14.5 Å². The second kappa shape index (κ2) is 11.9. The average molecular weight is 581 g/mol. The Morgan fingerprint density at radius 1 is 1.00 bits per heavy atom. The molecule has 11 heteroatoms. The van der Waals surface area contributed by atoms with E-state index in [1.807, 2.05) is 12.1 Å². The third-order valence-corrected chi connectivity index (χ3v) is 10.3. The Morgan fingerprint density at radius 2 is 1.70 bits per heavy atom. The van der Waals surface area contributed by atoms with Crippen LogP contribution in [0.4, 0.5) is 5.13 Å². The number of pyridine rings is 1. The SMILES string of the molecule is COc1ccc(OC)c2sc(N(Cc3cccnc3)C(=O)c3ccc(S(=O)(=O)N(C)C4CCCCC4)cc3)nc12. The number of anilines is 1. The maximum absolute atomic E-state index is 13.9. The molecule has 1 aliphatic rings. The Kier molecular flexibility index (Phi) is 8.34. The van der Waals surface area contributed by atoms with Crippen LogP contribution in [0.5, 0.6) is 11.5 Å². The molecule has 1 saturated carbocycles. The molecule has 1 aliphatic carbocycles. The molecule has 1 amide bonds. The van der Waals surface area contributed by atoms with Crippen molar-refractivity contribution in [2.24, 2.45) is 0 Å². The largest absolute Gasteiger partial charge is 0.495 e. The van der Waals surface area contributed by atoms with Gasteiger partial charge in [0, 0.05) is 31.0 Å². The molecule has 210 valence electrons. The Bertz CT molecular complexity index is 1540. The third kappa shape index (κ3) is 5.54. The van der Waals surface area contributed by atoms with Gasteiger partial charge in [-0.2, -0.15) is 4.31 Å². The highest BCUT2D eigenvalue weighted by molar-refractivity contribution is 7.89. The summed E-state index contributed by atoms with van der Waals surface area (Å²) >= 11 is 1.32. The minimum atomic E-state index is -3.67. The first-order valence-electron chi connectivity index (χ1n) is 13.1. The predicted octanol–water partition coefficient (Wildman–Crippen LogP) is 5.51. The van der Waals surface area contributed by atoms with Crippen molar-refractivity contribution in [2.45, 2.75) is 49.6 Å². The first kappa shape index (κ1) is 28.0. The number of rotatable bonds is 9. The summed E-state index contributed by atoms with van der Waals surface area (Å²) in [5.41, 5.74) is 1.77. The van der Waals surface area contributed by atoms with Gasteiger partial charge in [-0.1, -0.05) is 36.7 Å². The standard InChI is InChI=1S/C29H32N4O5S2/c1-32(22-9-5-4-6-10-22)40(35,36)23-13-11-21(12-14-23)28(34)33(19-20-8-7-17-30-18-20)29-31-26-24(37-2)15-16-25(38-3)27(26)39-29/h7-8,11-18,22H,4-6,9-10,19H2,1-3H3. The first-order valence-corrected chi connectivity index (χ1v) is 15.4. The van der Waals surface area contributed by atoms with Gasteiger partial charge >= 0.3 is 0 Å². The van der Waals surface area contributed by atoms with E-state index in [-0.39, 0.29) is 23.4 Å². The van der Waals surface area contributed by atoms with Gasteiger partial charge in [0.25, 0.3) is 5.91 Å². The quantitative estimate of drug-likeness (QED) is 0.257. The van der Waals surface area contributed by atoms with E-state index in [9.17, 15) is 13.2 Å². The van der Waals surface area contributed by atoms with Gasteiger partial charge in [0.05, 0.1) is 25.7 Å². The predicted molar refractivity (Wildman–Crippen MR) is 156 cm³/mol. The molecule has 0 saturated heterocycles. The molecule has 2 heterocycles. The molecule has 0 radical (unpaired) electrons. The lowest BCUT2D eigenvalue weighted by molar-refractivity contribution is 0.0985. The summed E-state index contributed by atoms with van der Waals surface area (Å²) in [5.74, 6) is 0.888. The third-order valence-electron chi connectivity index (χ3n) is 7.31. The molecule has 0 N–H and O–H groups in total. The van der Waals surface area contributed by atoms with Crippen molar-refractivity contribution in [3.05, 3.63) is 72.1 Å². The molecule has 0 unspecified atom stereocenters. The zero-order valence-corrected chi connectivity index (χ0v) is 24.4. The number of nitrogens with zero attached hydrogens (tertiary/aromatic N) is 4. The number of carbonyl (C=O) groups is 1. The molecule has 5 rings (SSSR count). The van der Waals surface area contributed by atoms with Crippen LogP contribution in [0.1, 0.15) is 48.0 Å². The summed E-state index contributed by atoms with van der Waals surface area (Å²) < 4.78 is 39.9. The monoisotopic (exact) mass is 580 g/mol. The van der Waals surface area contributed by atoms with Crippen LogP contribution in [-0.4, -0.2) is 55.9 Å². The molecule has 0 atom stereocenters. The van der Waals surface area contributed by atoms with E-state index >= 15 is 0 Å². The first-order chi connectivity index (χ1) is 19.3. The maximum Gasteiger partial charge on any atom is 0.260 e. The van der Waals surface area contributed by atoms with Crippen LogP contribution in [0, 0.1) is 0 Å². The van der Waals surface area contributed by atoms with Gasteiger partial charge in [0.1, 0.15) is 21.7 Å². The van der Waals surface area contributed by atoms with Crippen LogP contribution in [-0.2, 0) is 16.6 Å². The number of methoxy groups -OCH3 is 2. The highest BCUT2D eigenvalue weighted by Crippen LogP contribution is 2.41. The second-order valence-corrected chi connectivity index (χ2v) is 12.7. The highest BCUT2D eigenvalue weighted by atomic mass is 32.2. The van der Waals surface area contributed by atoms with Crippen molar-refractivity contribution < 1.29 is 22.7 Å². The summed E-state index contributed by atoms with van der Waals surface area (Å²) in [6, 6.07) is 13.4. The molecular weight excluding hydrogens is 548 g/mol. The van der Waals surface area contributed by atoms with Crippen molar-refractivity contribution in [2.75, 3.05) is 26.2 Å². The van der Waals surface area contributed by atoms with Gasteiger partial charge in [-0.3, -0.25) is 14.7 Å². The fourth-order valence-corrected chi connectivity index (χ4v) is 7.51. The zero-order valence-electron chi connectivity index (χ0n) is 22.7. The number of hydrogen-bond acceptors (Lipinski definition) is 8. The van der Waals surface area contributed by atoms with Crippen LogP contribution in [0.25, 0.3) is 10.2 Å². The van der Waals surface area contributed by atoms with Crippen LogP contribution >= 0.6 is 11.3 Å². The molecule has 0 aliphatic heterocycles. The van der Waals surface area contributed by atoms with Gasteiger partial charge in [0.15, 0.2) is 5.13 Å². The number of sulfonamides is 1. The summed E-state index contributed by atoms with van der Waals surface area (Å²) in [6.07, 6.45) is 8.33. The lowest BCUT2D eigenvalue weighted by atomic mass is 9.96. The summed E-state index contributed by atoms with van der Waals surface area (Å²) in [5, 5.41) is 0.459. The van der Waals surface area contributed by atoms with Gasteiger partial charge < -0.3 is 9.47 Å². The number of thiazole rings is 1. The van der Waals surface area contributed by atoms with Crippen LogP contribution < -0.4 is 14.4 Å². The summed E-state index contributed by atoms with van der Waals surface area (Å²) in [7, 11) is 1.13. The fraction of sp³-hybridized carbons (Fsp3) is 0.345. The van der Waals surface area contributed by atoms with Gasteiger partial charge in [-0.15, -0.1) is 0 Å². The number of amides is 1. The molecule has 2 aromatic heterocycles. The van der Waals surface area contributed by atoms with E-state index < -0.39 is 10.0 Å². The summed E-state index contributed by atoms with van der Waals surface area (Å²) in [4.78, 5) is 24.6. The lowest BCUT2D eigenvalue weighted by Gasteiger charge is -2.30. The van der Waals surface area contributed by atoms with E-state index in [0.29, 0.717) is 27.7 Å². The minimum Gasteiger partial charge on any atom is -0.495 e. The van der Waals surface area contributed by atoms with Crippen molar-refractivity contribution in [3.8, 4) is 11.5 Å². The van der Waals surface area contributed by atoms with Crippen molar-refractivity contribution in [1.82, 2.24) is 14.3 Å².